The number of imide groups is 1. The number of furan rings is 1. The van der Waals surface area contributed by atoms with Crippen LogP contribution in [0, 0.1) is 3.57 Å². The second kappa shape index (κ2) is 8.55. The number of halogens is 3. The largest absolute Gasteiger partial charge is 0.457 e. The van der Waals surface area contributed by atoms with Crippen LogP contribution in [0.15, 0.2) is 63.9 Å². The molecule has 4 nitrogen and oxygen atoms in total. The third-order valence-electron chi connectivity index (χ3n) is 4.24. The molecule has 1 aliphatic heterocycles. The summed E-state index contributed by atoms with van der Waals surface area (Å²) in [6.07, 6.45) is 1.57. The Morgan fingerprint density at radius 2 is 1.79 bits per heavy atom. The number of carbonyl (C=O) groups is 2. The number of amides is 2. The molecule has 0 aliphatic carbocycles. The minimum Gasteiger partial charge on any atom is -0.457 e. The maximum atomic E-state index is 12.7. The zero-order valence-corrected chi connectivity index (χ0v) is 19.2. The molecule has 146 valence electrons. The molecule has 3 aromatic rings. The normalized spacial score (nSPS) is 15.6. The third kappa shape index (κ3) is 4.40. The SMILES string of the molecule is O=C1S/C(=C\c2ccc(-c3cccc(Cl)c3Cl)o2)C(=O)N1Cc1ccc(I)cc1. The first-order valence-corrected chi connectivity index (χ1v) is 11.1. The Balaban J connectivity index is 1.55. The lowest BCUT2D eigenvalue weighted by molar-refractivity contribution is -0.123. The molecule has 29 heavy (non-hydrogen) atoms. The standard InChI is InChI=1S/C21H12Cl2INO3S/c22-16-3-1-2-15(19(16)23)17-9-8-14(28-17)10-18-20(26)25(21(27)29-18)11-12-4-6-13(24)7-5-12/h1-10H,11H2/b18-10-. The van der Waals surface area contributed by atoms with Gasteiger partial charge in [0.05, 0.1) is 21.5 Å². The molecule has 0 radical (unpaired) electrons. The van der Waals surface area contributed by atoms with Crippen LogP contribution in [0.3, 0.4) is 0 Å². The third-order valence-corrected chi connectivity index (χ3v) is 6.69. The van der Waals surface area contributed by atoms with Crippen molar-refractivity contribution >= 4 is 74.8 Å². The van der Waals surface area contributed by atoms with Crippen molar-refractivity contribution < 1.29 is 14.0 Å². The Bertz CT molecular complexity index is 1140. The van der Waals surface area contributed by atoms with Crippen LogP contribution in [0.1, 0.15) is 11.3 Å². The molecule has 0 N–H and O–H groups in total. The van der Waals surface area contributed by atoms with Gasteiger partial charge in [0.2, 0.25) is 0 Å². The van der Waals surface area contributed by atoms with Crippen molar-refractivity contribution in [3.8, 4) is 11.3 Å². The van der Waals surface area contributed by atoms with Crippen LogP contribution < -0.4 is 0 Å². The highest BCUT2D eigenvalue weighted by Crippen LogP contribution is 2.37. The van der Waals surface area contributed by atoms with Gasteiger partial charge >= 0.3 is 0 Å². The van der Waals surface area contributed by atoms with Crippen LogP contribution in [0.5, 0.6) is 0 Å². The van der Waals surface area contributed by atoms with Gasteiger partial charge in [-0.2, -0.15) is 0 Å². The van der Waals surface area contributed by atoms with Crippen LogP contribution in [0.25, 0.3) is 17.4 Å². The van der Waals surface area contributed by atoms with E-state index in [2.05, 4.69) is 22.6 Å². The van der Waals surface area contributed by atoms with Crippen molar-refractivity contribution in [2.45, 2.75) is 6.54 Å². The Morgan fingerprint density at radius 1 is 1.03 bits per heavy atom. The summed E-state index contributed by atoms with van der Waals surface area (Å²) in [5.74, 6) is 0.648. The topological polar surface area (TPSA) is 50.5 Å². The number of thioether (sulfide) groups is 1. The summed E-state index contributed by atoms with van der Waals surface area (Å²) in [6.45, 7) is 0.237. The van der Waals surface area contributed by atoms with Crippen molar-refractivity contribution in [2.75, 3.05) is 0 Å². The average Bonchev–Trinajstić information content (AvgIpc) is 3.26. The van der Waals surface area contributed by atoms with Crippen LogP contribution in [0.4, 0.5) is 4.79 Å². The van der Waals surface area contributed by atoms with Crippen LogP contribution >= 0.6 is 57.6 Å². The summed E-state index contributed by atoms with van der Waals surface area (Å²) in [7, 11) is 0. The van der Waals surface area contributed by atoms with E-state index in [-0.39, 0.29) is 17.7 Å². The van der Waals surface area contributed by atoms with E-state index < -0.39 is 0 Å². The summed E-state index contributed by atoms with van der Waals surface area (Å²) in [5, 5.41) is 0.524. The molecular weight excluding hydrogens is 544 g/mol. The molecule has 0 unspecified atom stereocenters. The maximum Gasteiger partial charge on any atom is 0.293 e. The number of rotatable bonds is 4. The van der Waals surface area contributed by atoms with E-state index in [1.165, 1.54) is 4.90 Å². The number of hydrogen-bond acceptors (Lipinski definition) is 4. The zero-order valence-electron chi connectivity index (χ0n) is 14.7. The van der Waals surface area contributed by atoms with Crippen LogP contribution in [0.2, 0.25) is 10.0 Å². The predicted molar refractivity (Wildman–Crippen MR) is 125 cm³/mol. The highest BCUT2D eigenvalue weighted by molar-refractivity contribution is 14.1. The Morgan fingerprint density at radius 3 is 2.55 bits per heavy atom. The molecule has 0 bridgehead atoms. The van der Waals surface area contributed by atoms with E-state index in [1.54, 1.807) is 36.4 Å². The van der Waals surface area contributed by atoms with Gasteiger partial charge in [0, 0.05) is 15.2 Å². The fourth-order valence-corrected chi connectivity index (χ4v) is 4.38. The van der Waals surface area contributed by atoms with E-state index in [9.17, 15) is 9.59 Å². The smallest absolute Gasteiger partial charge is 0.293 e. The Hall–Kier alpha value is -1.74. The molecular formula is C21H12Cl2INO3S. The van der Waals surface area contributed by atoms with Crippen LogP contribution in [-0.2, 0) is 11.3 Å². The van der Waals surface area contributed by atoms with E-state index in [4.69, 9.17) is 27.6 Å². The monoisotopic (exact) mass is 555 g/mol. The van der Waals surface area contributed by atoms with Gasteiger partial charge < -0.3 is 4.42 Å². The first-order valence-electron chi connectivity index (χ1n) is 8.46. The van der Waals surface area contributed by atoms with E-state index in [0.29, 0.717) is 32.0 Å². The van der Waals surface area contributed by atoms with E-state index in [0.717, 1.165) is 20.9 Å². The van der Waals surface area contributed by atoms with Gasteiger partial charge in [-0.3, -0.25) is 14.5 Å². The van der Waals surface area contributed by atoms with Gasteiger partial charge in [-0.1, -0.05) is 41.4 Å². The quantitative estimate of drug-likeness (QED) is 0.254. The molecule has 0 atom stereocenters. The highest BCUT2D eigenvalue weighted by Gasteiger charge is 2.35. The number of carbonyl (C=O) groups excluding carboxylic acids is 2. The Kier molecular flexibility index (Phi) is 6.06. The highest BCUT2D eigenvalue weighted by atomic mass is 127. The van der Waals surface area contributed by atoms with Gasteiger partial charge in [0.15, 0.2) is 0 Å². The first-order chi connectivity index (χ1) is 13.9. The maximum absolute atomic E-state index is 12.7. The van der Waals surface area contributed by atoms with Gasteiger partial charge in [0.25, 0.3) is 11.1 Å². The number of hydrogen-bond donors (Lipinski definition) is 0. The van der Waals surface area contributed by atoms with Gasteiger partial charge in [-0.25, -0.2) is 0 Å². The minimum absolute atomic E-state index is 0.237. The molecule has 1 aliphatic rings. The number of benzene rings is 2. The second-order valence-electron chi connectivity index (χ2n) is 6.20. The van der Waals surface area contributed by atoms with E-state index in [1.807, 2.05) is 24.3 Å². The van der Waals surface area contributed by atoms with Crippen molar-refractivity contribution in [2.24, 2.45) is 0 Å². The number of nitrogens with zero attached hydrogens (tertiary/aromatic N) is 1. The lowest BCUT2D eigenvalue weighted by Gasteiger charge is -2.12. The summed E-state index contributed by atoms with van der Waals surface area (Å²) in [6, 6.07) is 16.4. The first kappa shape index (κ1) is 20.5. The van der Waals surface area contributed by atoms with Crippen molar-refractivity contribution in [3.63, 3.8) is 0 Å². The molecule has 0 saturated carbocycles. The predicted octanol–water partition coefficient (Wildman–Crippen LogP) is 7.09. The second-order valence-corrected chi connectivity index (χ2v) is 9.22. The summed E-state index contributed by atoms with van der Waals surface area (Å²) < 4.78 is 6.89. The zero-order chi connectivity index (χ0) is 20.5. The van der Waals surface area contributed by atoms with Gasteiger partial charge in [-0.05, 0) is 76.3 Å². The molecule has 2 aromatic carbocycles. The van der Waals surface area contributed by atoms with Crippen molar-refractivity contribution in [1.82, 2.24) is 4.90 Å². The molecule has 4 rings (SSSR count). The van der Waals surface area contributed by atoms with Crippen molar-refractivity contribution in [1.29, 1.82) is 0 Å². The molecule has 8 heteroatoms. The molecule has 1 fully saturated rings. The summed E-state index contributed by atoms with van der Waals surface area (Å²) >= 11 is 15.4. The molecule has 2 heterocycles. The lowest BCUT2D eigenvalue weighted by Crippen LogP contribution is -2.27. The average molecular weight is 556 g/mol. The lowest BCUT2D eigenvalue weighted by atomic mass is 10.2. The van der Waals surface area contributed by atoms with Crippen molar-refractivity contribution in [3.05, 3.63) is 84.4 Å². The fourth-order valence-electron chi connectivity index (χ4n) is 2.81. The Labute approximate surface area is 195 Å². The van der Waals surface area contributed by atoms with Gasteiger partial charge in [-0.15, -0.1) is 0 Å². The molecule has 0 spiro atoms. The minimum atomic E-state index is -0.336. The fraction of sp³-hybridized carbons (Fsp3) is 0.0476. The molecule has 1 saturated heterocycles. The molecule has 1 aromatic heterocycles. The summed E-state index contributed by atoms with van der Waals surface area (Å²) in [4.78, 5) is 26.6. The van der Waals surface area contributed by atoms with Gasteiger partial charge in [0.1, 0.15) is 11.5 Å². The molecule has 2 amide bonds. The van der Waals surface area contributed by atoms with E-state index >= 15 is 0 Å². The summed E-state index contributed by atoms with van der Waals surface area (Å²) in [5.41, 5.74) is 1.55. The van der Waals surface area contributed by atoms with Crippen LogP contribution in [-0.4, -0.2) is 16.0 Å².